The minimum absolute atomic E-state index is 0.0291. The number of para-hydroxylation sites is 1. The topological polar surface area (TPSA) is 71.8 Å². The summed E-state index contributed by atoms with van der Waals surface area (Å²) >= 11 is 0. The number of amides is 1. The molecule has 25 heavy (non-hydrogen) atoms. The number of carbonyl (C=O) groups excluding carboxylic acids is 2. The number of fused-ring (bicyclic) bond motifs is 1. The quantitative estimate of drug-likeness (QED) is 0.845. The fourth-order valence-electron chi connectivity index (χ4n) is 3.09. The molecule has 3 rings (SSSR count). The van der Waals surface area contributed by atoms with Gasteiger partial charge < -0.3 is 14.1 Å². The number of hydrogen-bond donors (Lipinski definition) is 1. The molecule has 6 heteroatoms. The van der Waals surface area contributed by atoms with Crippen LogP contribution in [0.25, 0.3) is 0 Å². The molecule has 0 fully saturated rings. The highest BCUT2D eigenvalue weighted by molar-refractivity contribution is 5.98. The lowest BCUT2D eigenvalue weighted by atomic mass is 10.2. The fourth-order valence-corrected chi connectivity index (χ4v) is 3.09. The molecule has 0 radical (unpaired) electrons. The zero-order chi connectivity index (χ0) is 18.0. The summed E-state index contributed by atoms with van der Waals surface area (Å²) in [6.45, 7) is 4.61. The Morgan fingerprint density at radius 1 is 1.36 bits per heavy atom. The van der Waals surface area contributed by atoms with E-state index in [0.717, 1.165) is 12.1 Å². The molecule has 1 aliphatic heterocycles. The monoisotopic (exact) mass is 342 g/mol. The van der Waals surface area contributed by atoms with Gasteiger partial charge in [0.2, 0.25) is 5.91 Å². The van der Waals surface area contributed by atoms with E-state index in [1.165, 1.54) is 12.7 Å². The number of nitrogens with zero attached hydrogens (tertiary/aromatic N) is 1. The maximum absolute atomic E-state index is 12.7. The highest BCUT2D eigenvalue weighted by Crippen LogP contribution is 2.27. The number of carbonyl (C=O) groups is 2. The molecule has 1 amide bonds. The molecule has 0 saturated heterocycles. The molecular weight excluding hydrogens is 320 g/mol. The molecule has 2 heterocycles. The number of anilines is 1. The molecule has 1 aliphatic rings. The average Bonchev–Trinajstić information content (AvgIpc) is 3.21. The lowest BCUT2D eigenvalue weighted by Crippen LogP contribution is -2.44. The van der Waals surface area contributed by atoms with Crippen molar-refractivity contribution in [3.63, 3.8) is 0 Å². The van der Waals surface area contributed by atoms with Crippen LogP contribution in [0.3, 0.4) is 0 Å². The van der Waals surface area contributed by atoms with E-state index < -0.39 is 5.97 Å². The third-order valence-electron chi connectivity index (χ3n) is 4.48. The van der Waals surface area contributed by atoms with Gasteiger partial charge in [-0.2, -0.15) is 0 Å². The van der Waals surface area contributed by atoms with Crippen LogP contribution in [0.1, 0.15) is 34.4 Å². The van der Waals surface area contributed by atoms with Crippen LogP contribution in [-0.2, 0) is 22.5 Å². The van der Waals surface area contributed by atoms with E-state index in [4.69, 9.17) is 9.15 Å². The maximum Gasteiger partial charge on any atom is 0.341 e. The predicted molar refractivity (Wildman–Crippen MR) is 93.6 cm³/mol. The zero-order valence-corrected chi connectivity index (χ0v) is 14.7. The molecular formula is C19H22N2O4. The molecule has 0 spiro atoms. The van der Waals surface area contributed by atoms with Gasteiger partial charge >= 0.3 is 5.97 Å². The molecule has 1 N–H and O–H groups in total. The molecule has 1 aromatic heterocycles. The van der Waals surface area contributed by atoms with Crippen molar-refractivity contribution < 1.29 is 18.7 Å². The van der Waals surface area contributed by atoms with Gasteiger partial charge in [0.25, 0.3) is 0 Å². The smallest absolute Gasteiger partial charge is 0.341 e. The molecule has 0 aliphatic carbocycles. The summed E-state index contributed by atoms with van der Waals surface area (Å²) in [7, 11) is 1.33. The molecule has 2 aromatic rings. The summed E-state index contributed by atoms with van der Waals surface area (Å²) in [4.78, 5) is 26.2. The number of ether oxygens (including phenoxy) is 1. The Morgan fingerprint density at radius 2 is 2.12 bits per heavy atom. The van der Waals surface area contributed by atoms with Gasteiger partial charge in [0.1, 0.15) is 17.1 Å². The first-order valence-electron chi connectivity index (χ1n) is 8.31. The number of benzene rings is 1. The second-order valence-corrected chi connectivity index (χ2v) is 6.15. The number of esters is 1. The predicted octanol–water partition coefficient (Wildman–Crippen LogP) is 2.44. The lowest BCUT2D eigenvalue weighted by molar-refractivity contribution is -0.120. The van der Waals surface area contributed by atoms with E-state index >= 15 is 0 Å². The first-order valence-corrected chi connectivity index (χ1v) is 8.31. The van der Waals surface area contributed by atoms with Crippen molar-refractivity contribution in [2.45, 2.75) is 32.9 Å². The van der Waals surface area contributed by atoms with Crippen molar-refractivity contribution in [2.75, 3.05) is 18.6 Å². The second-order valence-electron chi connectivity index (χ2n) is 6.15. The van der Waals surface area contributed by atoms with Gasteiger partial charge in [0, 0.05) is 12.2 Å². The van der Waals surface area contributed by atoms with Crippen LogP contribution in [0, 0.1) is 6.92 Å². The molecule has 1 unspecified atom stereocenters. The number of hydrogen-bond acceptors (Lipinski definition) is 5. The van der Waals surface area contributed by atoms with E-state index in [9.17, 15) is 9.59 Å². The van der Waals surface area contributed by atoms with Crippen LogP contribution in [0.5, 0.6) is 0 Å². The van der Waals surface area contributed by atoms with E-state index in [2.05, 4.69) is 11.4 Å². The molecule has 6 nitrogen and oxygen atoms in total. The fraction of sp³-hybridized carbons (Fsp3) is 0.368. The summed E-state index contributed by atoms with van der Waals surface area (Å²) in [5, 5.41) is 3.17. The van der Waals surface area contributed by atoms with Crippen LogP contribution in [0.4, 0.5) is 5.69 Å². The number of rotatable bonds is 5. The Balaban J connectivity index is 1.62. The first kappa shape index (κ1) is 17.2. The second kappa shape index (κ2) is 7.11. The molecule has 1 aromatic carbocycles. The number of aryl methyl sites for hydroxylation is 1. The zero-order valence-electron chi connectivity index (χ0n) is 14.7. The van der Waals surface area contributed by atoms with Gasteiger partial charge in [0.05, 0.1) is 19.7 Å². The highest BCUT2D eigenvalue weighted by Gasteiger charge is 2.27. The minimum Gasteiger partial charge on any atom is -0.465 e. The van der Waals surface area contributed by atoms with Crippen LogP contribution in [0.15, 0.2) is 34.7 Å². The molecule has 132 valence electrons. The van der Waals surface area contributed by atoms with Gasteiger partial charge in [-0.3, -0.25) is 10.1 Å². The number of methoxy groups -OCH3 is 1. The van der Waals surface area contributed by atoms with Gasteiger partial charge in [-0.1, -0.05) is 18.2 Å². The van der Waals surface area contributed by atoms with Crippen LogP contribution in [0.2, 0.25) is 0 Å². The van der Waals surface area contributed by atoms with Crippen molar-refractivity contribution in [3.05, 3.63) is 53.0 Å². The normalized spacial score (nSPS) is 14.3. The Bertz CT molecular complexity index is 796. The van der Waals surface area contributed by atoms with Gasteiger partial charge in [-0.05, 0) is 38.0 Å². The van der Waals surface area contributed by atoms with Crippen LogP contribution < -0.4 is 10.2 Å². The van der Waals surface area contributed by atoms with Crippen molar-refractivity contribution >= 4 is 17.6 Å². The van der Waals surface area contributed by atoms with E-state index in [-0.39, 0.29) is 11.9 Å². The largest absolute Gasteiger partial charge is 0.465 e. The molecule has 0 bridgehead atoms. The summed E-state index contributed by atoms with van der Waals surface area (Å²) in [6, 6.07) is 9.26. The third-order valence-corrected chi connectivity index (χ3v) is 4.48. The Kier molecular flexibility index (Phi) is 4.90. The van der Waals surface area contributed by atoms with Crippen molar-refractivity contribution in [1.82, 2.24) is 5.32 Å². The van der Waals surface area contributed by atoms with Gasteiger partial charge in [0.15, 0.2) is 0 Å². The van der Waals surface area contributed by atoms with Crippen molar-refractivity contribution in [2.24, 2.45) is 0 Å². The van der Waals surface area contributed by atoms with Crippen molar-refractivity contribution in [1.29, 1.82) is 0 Å². The summed E-state index contributed by atoms with van der Waals surface area (Å²) < 4.78 is 10.3. The Hall–Kier alpha value is -2.60. The van der Waals surface area contributed by atoms with Crippen LogP contribution in [-0.4, -0.2) is 31.6 Å². The van der Waals surface area contributed by atoms with Crippen LogP contribution >= 0.6 is 0 Å². The molecule has 1 atom stereocenters. The molecule has 0 saturated carbocycles. The summed E-state index contributed by atoms with van der Waals surface area (Å²) in [5.74, 6) is 0.710. The Labute approximate surface area is 146 Å². The number of furan rings is 1. The standard InChI is InChI=1S/C19H22N2O4/c1-12(18(22)21-9-8-14-6-4-5-7-17(14)21)20-11-15-10-16(13(2)25-15)19(23)24-3/h4-7,10,12,20H,8-9,11H2,1-3H3. The third kappa shape index (κ3) is 3.44. The van der Waals surface area contributed by atoms with E-state index in [1.807, 2.05) is 30.0 Å². The van der Waals surface area contributed by atoms with E-state index in [0.29, 0.717) is 30.2 Å². The van der Waals surface area contributed by atoms with Gasteiger partial charge in [-0.25, -0.2) is 4.79 Å². The highest BCUT2D eigenvalue weighted by atomic mass is 16.5. The van der Waals surface area contributed by atoms with Crippen molar-refractivity contribution in [3.8, 4) is 0 Å². The lowest BCUT2D eigenvalue weighted by Gasteiger charge is -2.22. The maximum atomic E-state index is 12.7. The average molecular weight is 342 g/mol. The minimum atomic E-state index is -0.426. The Morgan fingerprint density at radius 3 is 2.88 bits per heavy atom. The SMILES string of the molecule is COC(=O)c1cc(CNC(C)C(=O)N2CCc3ccccc32)oc1C. The first-order chi connectivity index (χ1) is 12.0. The summed E-state index contributed by atoms with van der Waals surface area (Å²) in [6.07, 6.45) is 0.883. The van der Waals surface area contributed by atoms with E-state index in [1.54, 1.807) is 13.0 Å². The number of nitrogens with one attached hydrogen (secondary N) is 1. The summed E-state index contributed by atoms with van der Waals surface area (Å²) in [5.41, 5.74) is 2.60. The van der Waals surface area contributed by atoms with Gasteiger partial charge in [-0.15, -0.1) is 0 Å².